The summed E-state index contributed by atoms with van der Waals surface area (Å²) in [4.78, 5) is 0. The number of rotatable bonds is 5. The monoisotopic (exact) mass is 256 g/mol. The summed E-state index contributed by atoms with van der Waals surface area (Å²) in [6.45, 7) is 4.23. The molecule has 0 aliphatic carbocycles. The predicted molar refractivity (Wildman–Crippen MR) is 77.3 cm³/mol. The van der Waals surface area contributed by atoms with Crippen LogP contribution in [0.15, 0.2) is 48.5 Å². The molecule has 0 fully saturated rings. The number of hydrogen-bond donors (Lipinski definition) is 1. The van der Waals surface area contributed by atoms with Crippen molar-refractivity contribution < 1.29 is 9.84 Å². The first-order chi connectivity index (χ1) is 9.17. The number of ether oxygens (including phenoxy) is 1. The van der Waals surface area contributed by atoms with Crippen LogP contribution in [0.2, 0.25) is 0 Å². The van der Waals surface area contributed by atoms with Crippen molar-refractivity contribution in [1.29, 1.82) is 0 Å². The number of aryl methyl sites for hydroxylation is 1. The lowest BCUT2D eigenvalue weighted by atomic mass is 10.1. The molecule has 19 heavy (non-hydrogen) atoms. The Morgan fingerprint density at radius 2 is 1.53 bits per heavy atom. The Kier molecular flexibility index (Phi) is 4.58. The highest BCUT2D eigenvalue weighted by atomic mass is 16.5. The molecule has 1 atom stereocenters. The number of aliphatic hydroxyl groups excluding tert-OH is 1. The summed E-state index contributed by atoms with van der Waals surface area (Å²) in [6.07, 6.45) is 0.988. The van der Waals surface area contributed by atoms with E-state index in [2.05, 4.69) is 26.0 Å². The van der Waals surface area contributed by atoms with Gasteiger partial charge in [0.05, 0.1) is 12.7 Å². The fourth-order valence-corrected chi connectivity index (χ4v) is 2.00. The Hall–Kier alpha value is -1.80. The van der Waals surface area contributed by atoms with Crippen LogP contribution in [-0.2, 0) is 13.0 Å². The van der Waals surface area contributed by atoms with E-state index < -0.39 is 0 Å². The van der Waals surface area contributed by atoms with Crippen LogP contribution < -0.4 is 4.74 Å². The Balaban J connectivity index is 1.92. The summed E-state index contributed by atoms with van der Waals surface area (Å²) < 4.78 is 5.88. The smallest absolute Gasteiger partial charge is 0.119 e. The Morgan fingerprint density at radius 3 is 2.11 bits per heavy atom. The zero-order valence-electron chi connectivity index (χ0n) is 11.5. The first-order valence-corrected chi connectivity index (χ1v) is 6.59. The van der Waals surface area contributed by atoms with E-state index in [9.17, 15) is 0 Å². The van der Waals surface area contributed by atoms with Crippen LogP contribution in [-0.4, -0.2) is 11.2 Å². The van der Waals surface area contributed by atoms with E-state index in [0.717, 1.165) is 17.7 Å². The molecular formula is C17H20O2. The first kappa shape index (κ1) is 13.6. The second kappa shape index (κ2) is 6.39. The molecule has 0 radical (unpaired) electrons. The van der Waals surface area contributed by atoms with Crippen LogP contribution in [0.25, 0.3) is 0 Å². The van der Waals surface area contributed by atoms with E-state index in [1.165, 1.54) is 11.1 Å². The highest BCUT2D eigenvalue weighted by molar-refractivity contribution is 5.27. The van der Waals surface area contributed by atoms with Gasteiger partial charge in [0.1, 0.15) is 5.75 Å². The van der Waals surface area contributed by atoms with Gasteiger partial charge in [-0.1, -0.05) is 42.0 Å². The van der Waals surface area contributed by atoms with Crippen molar-refractivity contribution in [3.05, 3.63) is 65.2 Å². The van der Waals surface area contributed by atoms with Crippen LogP contribution in [0.3, 0.4) is 0 Å². The molecule has 0 spiro atoms. The average molecular weight is 256 g/mol. The minimum Gasteiger partial charge on any atom is -0.490 e. The fraction of sp³-hybridized carbons (Fsp3) is 0.294. The highest BCUT2D eigenvalue weighted by Gasteiger charge is 2.05. The molecular weight excluding hydrogens is 236 g/mol. The predicted octanol–water partition coefficient (Wildman–Crippen LogP) is 3.50. The van der Waals surface area contributed by atoms with Gasteiger partial charge in [-0.05, 0) is 37.1 Å². The number of aliphatic hydroxyl groups is 1. The molecule has 2 heteroatoms. The van der Waals surface area contributed by atoms with Crippen LogP contribution in [0, 0.1) is 6.92 Å². The van der Waals surface area contributed by atoms with E-state index in [4.69, 9.17) is 9.84 Å². The van der Waals surface area contributed by atoms with Crippen molar-refractivity contribution in [3.63, 3.8) is 0 Å². The van der Waals surface area contributed by atoms with E-state index in [1.54, 1.807) is 0 Å². The van der Waals surface area contributed by atoms with Gasteiger partial charge in [0.15, 0.2) is 0 Å². The van der Waals surface area contributed by atoms with Crippen molar-refractivity contribution >= 4 is 0 Å². The van der Waals surface area contributed by atoms with Crippen molar-refractivity contribution in [2.45, 2.75) is 33.0 Å². The van der Waals surface area contributed by atoms with Crippen molar-refractivity contribution in [2.75, 3.05) is 0 Å². The largest absolute Gasteiger partial charge is 0.490 e. The SMILES string of the molecule is Cc1ccc(O[C@@H](C)Cc2ccc(CO)cc2)cc1. The van der Waals surface area contributed by atoms with Crippen molar-refractivity contribution in [3.8, 4) is 5.75 Å². The van der Waals surface area contributed by atoms with Gasteiger partial charge in [0, 0.05) is 6.42 Å². The zero-order valence-corrected chi connectivity index (χ0v) is 11.5. The molecule has 2 aromatic rings. The van der Waals surface area contributed by atoms with Gasteiger partial charge < -0.3 is 9.84 Å². The molecule has 0 aliphatic heterocycles. The lowest BCUT2D eigenvalue weighted by molar-refractivity contribution is 0.222. The molecule has 0 amide bonds. The van der Waals surface area contributed by atoms with Crippen LogP contribution in [0.1, 0.15) is 23.6 Å². The second-order valence-corrected chi connectivity index (χ2v) is 4.92. The number of benzene rings is 2. The van der Waals surface area contributed by atoms with E-state index in [-0.39, 0.29) is 12.7 Å². The molecule has 0 bridgehead atoms. The van der Waals surface area contributed by atoms with Crippen LogP contribution in [0.4, 0.5) is 0 Å². The molecule has 0 aliphatic rings. The maximum Gasteiger partial charge on any atom is 0.119 e. The Bertz CT molecular complexity index is 500. The van der Waals surface area contributed by atoms with Crippen molar-refractivity contribution in [1.82, 2.24) is 0 Å². The summed E-state index contributed by atoms with van der Waals surface area (Å²) in [5, 5.41) is 9.00. The van der Waals surface area contributed by atoms with E-state index >= 15 is 0 Å². The third kappa shape index (κ3) is 4.11. The van der Waals surface area contributed by atoms with Gasteiger partial charge in [-0.2, -0.15) is 0 Å². The fourth-order valence-electron chi connectivity index (χ4n) is 2.00. The average Bonchev–Trinajstić information content (AvgIpc) is 2.42. The minimum atomic E-state index is 0.0930. The van der Waals surface area contributed by atoms with Crippen LogP contribution in [0.5, 0.6) is 5.75 Å². The molecule has 2 rings (SSSR count). The lowest BCUT2D eigenvalue weighted by Gasteiger charge is -2.15. The summed E-state index contributed by atoms with van der Waals surface area (Å²) in [6, 6.07) is 16.1. The van der Waals surface area contributed by atoms with Crippen LogP contribution >= 0.6 is 0 Å². The third-order valence-corrected chi connectivity index (χ3v) is 3.09. The summed E-state index contributed by atoms with van der Waals surface area (Å²) in [5.41, 5.74) is 3.40. The summed E-state index contributed by atoms with van der Waals surface area (Å²) in [5.74, 6) is 0.907. The minimum absolute atomic E-state index is 0.0930. The molecule has 1 N–H and O–H groups in total. The van der Waals surface area contributed by atoms with Gasteiger partial charge in [-0.15, -0.1) is 0 Å². The molecule has 0 aromatic heterocycles. The molecule has 2 nitrogen and oxygen atoms in total. The maximum atomic E-state index is 9.00. The quantitative estimate of drug-likeness (QED) is 0.887. The lowest BCUT2D eigenvalue weighted by Crippen LogP contribution is -2.15. The molecule has 0 unspecified atom stereocenters. The van der Waals surface area contributed by atoms with Gasteiger partial charge in [0.2, 0.25) is 0 Å². The zero-order chi connectivity index (χ0) is 13.7. The Labute approximate surface area is 114 Å². The third-order valence-electron chi connectivity index (χ3n) is 3.09. The molecule has 0 saturated heterocycles. The topological polar surface area (TPSA) is 29.5 Å². The van der Waals surface area contributed by atoms with Gasteiger partial charge >= 0.3 is 0 Å². The maximum absolute atomic E-state index is 9.00. The number of hydrogen-bond acceptors (Lipinski definition) is 2. The molecule has 0 saturated carbocycles. The second-order valence-electron chi connectivity index (χ2n) is 4.92. The normalized spacial score (nSPS) is 12.2. The highest BCUT2D eigenvalue weighted by Crippen LogP contribution is 2.15. The summed E-state index contributed by atoms with van der Waals surface area (Å²) in [7, 11) is 0. The van der Waals surface area contributed by atoms with E-state index in [1.807, 2.05) is 36.4 Å². The van der Waals surface area contributed by atoms with Gasteiger partial charge in [-0.25, -0.2) is 0 Å². The molecule has 2 aromatic carbocycles. The standard InChI is InChI=1S/C17H20O2/c1-13-3-9-17(10-4-13)19-14(2)11-15-5-7-16(12-18)8-6-15/h3-10,14,18H,11-12H2,1-2H3/t14-/m0/s1. The molecule has 100 valence electrons. The first-order valence-electron chi connectivity index (χ1n) is 6.59. The molecule has 0 heterocycles. The Morgan fingerprint density at radius 1 is 0.947 bits per heavy atom. The van der Waals surface area contributed by atoms with Gasteiger partial charge in [0.25, 0.3) is 0 Å². The summed E-state index contributed by atoms with van der Waals surface area (Å²) >= 11 is 0. The van der Waals surface area contributed by atoms with Crippen molar-refractivity contribution in [2.24, 2.45) is 0 Å². The van der Waals surface area contributed by atoms with Gasteiger partial charge in [-0.3, -0.25) is 0 Å². The van der Waals surface area contributed by atoms with E-state index in [0.29, 0.717) is 0 Å².